The lowest BCUT2D eigenvalue weighted by molar-refractivity contribution is -0.138. The van der Waals surface area contributed by atoms with Gasteiger partial charge in [0.25, 0.3) is 0 Å². The van der Waals surface area contributed by atoms with Gasteiger partial charge in [-0.15, -0.1) is 0 Å². The van der Waals surface area contributed by atoms with E-state index in [-0.39, 0.29) is 17.7 Å². The lowest BCUT2D eigenvalue weighted by Gasteiger charge is -2.45. The predicted octanol–water partition coefficient (Wildman–Crippen LogP) is 3.93. The molecular formula is C21H23F3N4O. The molecule has 154 valence electrons. The van der Waals surface area contributed by atoms with E-state index >= 15 is 0 Å². The predicted molar refractivity (Wildman–Crippen MR) is 105 cm³/mol. The van der Waals surface area contributed by atoms with Crippen LogP contribution in [-0.2, 0) is 17.5 Å². The average molecular weight is 404 g/mol. The molecule has 8 heteroatoms. The monoisotopic (exact) mass is 404 g/mol. The number of aliphatic imine (C=N–C) groups is 1. The summed E-state index contributed by atoms with van der Waals surface area (Å²) in [5, 5.41) is 0. The molecule has 2 aliphatic rings. The highest BCUT2D eigenvalue weighted by atomic mass is 19.4. The number of alkyl halides is 3. The number of ether oxygens (including phenoxy) is 1. The van der Waals surface area contributed by atoms with Gasteiger partial charge >= 0.3 is 6.18 Å². The number of pyridine rings is 1. The van der Waals surface area contributed by atoms with Crippen LogP contribution < -0.4 is 4.90 Å². The molecule has 0 amide bonds. The number of halogens is 3. The van der Waals surface area contributed by atoms with Crippen LogP contribution in [0.1, 0.15) is 30.5 Å². The molecule has 3 heterocycles. The van der Waals surface area contributed by atoms with Gasteiger partial charge in [-0.25, -0.2) is 4.98 Å². The summed E-state index contributed by atoms with van der Waals surface area (Å²) in [6.45, 7) is 5.86. The third-order valence-electron chi connectivity index (χ3n) is 5.16. The van der Waals surface area contributed by atoms with E-state index in [9.17, 15) is 13.2 Å². The zero-order valence-electron chi connectivity index (χ0n) is 16.4. The molecule has 2 aromatic rings. The molecule has 0 aliphatic carbocycles. The lowest BCUT2D eigenvalue weighted by Crippen LogP contribution is -2.57. The maximum atomic E-state index is 13.6. The topological polar surface area (TPSA) is 41.0 Å². The number of nitrogens with zero attached hydrogens (tertiary/aromatic N) is 4. The van der Waals surface area contributed by atoms with Crippen LogP contribution in [0.25, 0.3) is 0 Å². The van der Waals surface area contributed by atoms with Crippen LogP contribution in [0.5, 0.6) is 0 Å². The molecule has 0 bridgehead atoms. The van der Waals surface area contributed by atoms with Crippen molar-refractivity contribution in [3.8, 4) is 0 Å². The molecule has 0 spiro atoms. The second kappa shape index (κ2) is 7.42. The molecule has 4 rings (SSSR count). The Labute approximate surface area is 167 Å². The Morgan fingerprint density at radius 1 is 1.17 bits per heavy atom. The van der Waals surface area contributed by atoms with Gasteiger partial charge in [-0.3, -0.25) is 9.89 Å². The molecule has 1 saturated heterocycles. The third-order valence-corrected chi connectivity index (χ3v) is 5.16. The first-order chi connectivity index (χ1) is 13.7. The summed E-state index contributed by atoms with van der Waals surface area (Å²) in [5.74, 6) is 0.633. The summed E-state index contributed by atoms with van der Waals surface area (Å²) in [5.41, 5.74) is 0.00772. The van der Waals surface area contributed by atoms with E-state index in [0.717, 1.165) is 11.6 Å². The summed E-state index contributed by atoms with van der Waals surface area (Å²) in [6, 6.07) is 9.34. The van der Waals surface area contributed by atoms with Crippen molar-refractivity contribution in [2.75, 3.05) is 24.6 Å². The van der Waals surface area contributed by atoms with Gasteiger partial charge in [-0.2, -0.15) is 13.2 Å². The number of anilines is 1. The number of hydrogen-bond acceptors (Lipinski definition) is 5. The number of fused-ring (bicyclic) bond motifs is 1. The molecule has 1 aromatic carbocycles. The Bertz CT molecular complexity index is 913. The van der Waals surface area contributed by atoms with Crippen molar-refractivity contribution in [2.24, 2.45) is 4.99 Å². The Morgan fingerprint density at radius 3 is 2.72 bits per heavy atom. The zero-order chi connectivity index (χ0) is 20.6. The summed E-state index contributed by atoms with van der Waals surface area (Å²) in [6.07, 6.45) is -1.45. The number of rotatable bonds is 3. The first-order valence-electron chi connectivity index (χ1n) is 9.53. The van der Waals surface area contributed by atoms with Crippen LogP contribution >= 0.6 is 0 Å². The minimum atomic E-state index is -4.42. The van der Waals surface area contributed by atoms with E-state index in [2.05, 4.69) is 14.9 Å². The SMILES string of the molecule is CC1(C)CN(C2N=Cc3cccnc3N2Cc2ccccc2C(F)(F)F)CCO1. The Balaban J connectivity index is 1.72. The molecular weight excluding hydrogens is 381 g/mol. The molecule has 1 fully saturated rings. The highest BCUT2D eigenvalue weighted by molar-refractivity contribution is 5.88. The molecule has 1 unspecified atom stereocenters. The Morgan fingerprint density at radius 2 is 1.97 bits per heavy atom. The quantitative estimate of drug-likeness (QED) is 0.777. The van der Waals surface area contributed by atoms with Crippen molar-refractivity contribution >= 4 is 12.0 Å². The number of morpholine rings is 1. The van der Waals surface area contributed by atoms with Gasteiger partial charge in [-0.1, -0.05) is 18.2 Å². The summed E-state index contributed by atoms with van der Waals surface area (Å²) < 4.78 is 46.5. The largest absolute Gasteiger partial charge is 0.416 e. The molecule has 0 N–H and O–H groups in total. The van der Waals surface area contributed by atoms with Gasteiger partial charge in [0.05, 0.1) is 17.8 Å². The lowest BCUT2D eigenvalue weighted by atomic mass is 10.0. The van der Waals surface area contributed by atoms with Crippen molar-refractivity contribution in [3.05, 3.63) is 59.3 Å². The average Bonchev–Trinajstić information content (AvgIpc) is 2.67. The van der Waals surface area contributed by atoms with Gasteiger partial charge in [0, 0.05) is 37.6 Å². The molecule has 2 aliphatic heterocycles. The second-order valence-electron chi connectivity index (χ2n) is 7.90. The van der Waals surface area contributed by atoms with E-state index in [0.29, 0.717) is 25.5 Å². The van der Waals surface area contributed by atoms with E-state index in [4.69, 9.17) is 4.74 Å². The molecule has 1 aromatic heterocycles. The fraction of sp³-hybridized carbons (Fsp3) is 0.429. The molecule has 1 atom stereocenters. The smallest absolute Gasteiger partial charge is 0.373 e. The number of hydrogen-bond donors (Lipinski definition) is 0. The fourth-order valence-electron chi connectivity index (χ4n) is 3.90. The minimum Gasteiger partial charge on any atom is -0.373 e. The maximum Gasteiger partial charge on any atom is 0.416 e. The van der Waals surface area contributed by atoms with Crippen molar-refractivity contribution < 1.29 is 17.9 Å². The van der Waals surface area contributed by atoms with E-state index in [1.54, 1.807) is 24.5 Å². The van der Waals surface area contributed by atoms with Crippen LogP contribution in [0.15, 0.2) is 47.6 Å². The normalized spacial score (nSPS) is 21.8. The number of aromatic nitrogens is 1. The van der Waals surface area contributed by atoms with Crippen molar-refractivity contribution in [1.29, 1.82) is 0 Å². The van der Waals surface area contributed by atoms with Crippen molar-refractivity contribution in [2.45, 2.75) is 38.5 Å². The minimum absolute atomic E-state index is 0.0550. The van der Waals surface area contributed by atoms with E-state index < -0.39 is 18.0 Å². The van der Waals surface area contributed by atoms with Crippen molar-refractivity contribution in [1.82, 2.24) is 9.88 Å². The molecule has 0 radical (unpaired) electrons. The van der Waals surface area contributed by atoms with E-state index in [1.807, 2.05) is 24.8 Å². The molecule has 5 nitrogen and oxygen atoms in total. The Hall–Kier alpha value is -2.45. The highest BCUT2D eigenvalue weighted by Crippen LogP contribution is 2.35. The second-order valence-corrected chi connectivity index (χ2v) is 7.90. The van der Waals surface area contributed by atoms with Crippen LogP contribution in [0.2, 0.25) is 0 Å². The van der Waals surface area contributed by atoms with Gasteiger partial charge in [0.1, 0.15) is 5.82 Å². The van der Waals surface area contributed by atoms with Crippen LogP contribution in [0.4, 0.5) is 19.0 Å². The summed E-state index contributed by atoms with van der Waals surface area (Å²) in [4.78, 5) is 13.1. The van der Waals surface area contributed by atoms with Crippen LogP contribution in [0.3, 0.4) is 0 Å². The van der Waals surface area contributed by atoms with Crippen LogP contribution in [0, 0.1) is 0 Å². The number of benzene rings is 1. The zero-order valence-corrected chi connectivity index (χ0v) is 16.4. The first kappa shape index (κ1) is 19.8. The third kappa shape index (κ3) is 4.13. The van der Waals surface area contributed by atoms with Gasteiger partial charge in [0.2, 0.25) is 0 Å². The summed E-state index contributed by atoms with van der Waals surface area (Å²) >= 11 is 0. The van der Waals surface area contributed by atoms with Gasteiger partial charge in [0.15, 0.2) is 6.29 Å². The van der Waals surface area contributed by atoms with Crippen molar-refractivity contribution in [3.63, 3.8) is 0 Å². The van der Waals surface area contributed by atoms with Crippen LogP contribution in [-0.4, -0.2) is 47.7 Å². The van der Waals surface area contributed by atoms with E-state index in [1.165, 1.54) is 12.1 Å². The Kier molecular flexibility index (Phi) is 5.08. The standard InChI is InChI=1S/C21H23F3N4O/c1-20(2)14-27(10-11-29-20)19-26-12-15-7-5-9-25-18(15)28(19)13-16-6-3-4-8-17(16)21(22,23)24/h3-9,12,19H,10-11,13-14H2,1-2H3. The van der Waals surface area contributed by atoms with Gasteiger partial charge in [-0.05, 0) is 37.6 Å². The highest BCUT2D eigenvalue weighted by Gasteiger charge is 2.38. The maximum absolute atomic E-state index is 13.6. The summed E-state index contributed by atoms with van der Waals surface area (Å²) in [7, 11) is 0. The molecule has 0 saturated carbocycles. The molecule has 29 heavy (non-hydrogen) atoms. The first-order valence-corrected chi connectivity index (χ1v) is 9.53. The fourth-order valence-corrected chi connectivity index (χ4v) is 3.90. The van der Waals surface area contributed by atoms with Gasteiger partial charge < -0.3 is 9.64 Å².